The first-order chi connectivity index (χ1) is 3.43. The summed E-state index contributed by atoms with van der Waals surface area (Å²) >= 11 is 2.28. The highest BCUT2D eigenvalue weighted by Crippen LogP contribution is 2.10. The van der Waals surface area contributed by atoms with E-state index in [9.17, 15) is 0 Å². The van der Waals surface area contributed by atoms with Gasteiger partial charge < -0.3 is 0 Å². The van der Waals surface area contributed by atoms with Crippen LogP contribution in [0.25, 0.3) is 0 Å². The van der Waals surface area contributed by atoms with Crippen LogP contribution in [0.2, 0.25) is 0 Å². The minimum Gasteiger partial charge on any atom is -0.236 e. The fourth-order valence-corrected chi connectivity index (χ4v) is 1.06. The van der Waals surface area contributed by atoms with Crippen LogP contribution in [0.3, 0.4) is 0 Å². The maximum absolute atomic E-state index is 4.79. The lowest BCUT2D eigenvalue weighted by molar-refractivity contribution is -0.269. The summed E-state index contributed by atoms with van der Waals surface area (Å²) in [7, 11) is 0. The first kappa shape index (κ1) is 5.78. The van der Waals surface area contributed by atoms with Crippen LogP contribution in [0.1, 0.15) is 6.42 Å². The zero-order valence-electron chi connectivity index (χ0n) is 3.89. The molecule has 0 saturated carbocycles. The topological polar surface area (TPSA) is 18.5 Å². The summed E-state index contributed by atoms with van der Waals surface area (Å²) in [6, 6.07) is 0. The summed E-state index contributed by atoms with van der Waals surface area (Å²) in [6.45, 7) is 0.771. The Kier molecular flexibility index (Phi) is 2.34. The van der Waals surface area contributed by atoms with Crippen molar-refractivity contribution in [1.82, 2.24) is 0 Å². The molecule has 0 aromatic heterocycles. The second-order valence-electron chi connectivity index (χ2n) is 1.48. The van der Waals surface area contributed by atoms with Gasteiger partial charge in [-0.3, -0.25) is 0 Å². The van der Waals surface area contributed by atoms with Crippen molar-refractivity contribution in [2.24, 2.45) is 0 Å². The SMILES string of the molecule is ICC1CCOO1. The average Bonchev–Trinajstić information content (AvgIpc) is 2.14. The quantitative estimate of drug-likeness (QED) is 0.370. The lowest BCUT2D eigenvalue weighted by Gasteiger charge is -1.96. The maximum atomic E-state index is 4.79. The monoisotopic (exact) mass is 214 g/mol. The predicted molar refractivity (Wildman–Crippen MR) is 34.3 cm³/mol. The summed E-state index contributed by atoms with van der Waals surface area (Å²) in [6.07, 6.45) is 1.42. The summed E-state index contributed by atoms with van der Waals surface area (Å²) < 4.78 is 1.04. The number of hydrogen-bond acceptors (Lipinski definition) is 2. The average molecular weight is 214 g/mol. The lowest BCUT2D eigenvalue weighted by Crippen LogP contribution is -2.04. The zero-order valence-corrected chi connectivity index (χ0v) is 6.05. The molecule has 3 heteroatoms. The molecule has 0 bridgehead atoms. The van der Waals surface area contributed by atoms with E-state index in [0.717, 1.165) is 17.5 Å². The minimum atomic E-state index is 0.362. The summed E-state index contributed by atoms with van der Waals surface area (Å²) in [4.78, 5) is 9.44. The zero-order chi connectivity index (χ0) is 5.11. The molecule has 1 unspecified atom stereocenters. The van der Waals surface area contributed by atoms with Crippen LogP contribution in [0, 0.1) is 0 Å². The van der Waals surface area contributed by atoms with Gasteiger partial charge in [-0.15, -0.1) is 0 Å². The highest BCUT2D eigenvalue weighted by molar-refractivity contribution is 14.1. The van der Waals surface area contributed by atoms with Gasteiger partial charge in [0.05, 0.1) is 6.61 Å². The summed E-state index contributed by atoms with van der Waals surface area (Å²) in [5.74, 6) is 0. The number of rotatable bonds is 1. The summed E-state index contributed by atoms with van der Waals surface area (Å²) in [5, 5.41) is 0. The van der Waals surface area contributed by atoms with Crippen molar-refractivity contribution in [2.75, 3.05) is 11.0 Å². The van der Waals surface area contributed by atoms with Crippen molar-refractivity contribution >= 4 is 22.6 Å². The van der Waals surface area contributed by atoms with E-state index in [4.69, 9.17) is 4.89 Å². The molecular weight excluding hydrogens is 207 g/mol. The molecule has 1 aliphatic heterocycles. The highest BCUT2D eigenvalue weighted by Gasteiger charge is 2.14. The molecule has 0 N–H and O–H groups in total. The van der Waals surface area contributed by atoms with E-state index in [1.165, 1.54) is 0 Å². The second kappa shape index (κ2) is 2.84. The van der Waals surface area contributed by atoms with Gasteiger partial charge in [0.2, 0.25) is 0 Å². The van der Waals surface area contributed by atoms with E-state index in [1.54, 1.807) is 0 Å². The van der Waals surface area contributed by atoms with Gasteiger partial charge in [-0.2, -0.15) is 0 Å². The number of hydrogen-bond donors (Lipinski definition) is 0. The van der Waals surface area contributed by atoms with Crippen molar-refractivity contribution in [2.45, 2.75) is 12.5 Å². The molecule has 1 saturated heterocycles. The van der Waals surface area contributed by atoms with Crippen molar-refractivity contribution in [3.05, 3.63) is 0 Å². The highest BCUT2D eigenvalue weighted by atomic mass is 127. The molecule has 0 aromatic rings. The molecule has 0 radical (unpaired) electrons. The standard InChI is InChI=1S/C4H7IO2/c5-3-4-1-2-6-7-4/h4H,1-3H2. The van der Waals surface area contributed by atoms with E-state index in [-0.39, 0.29) is 0 Å². The first-order valence-corrected chi connectivity index (χ1v) is 3.80. The van der Waals surface area contributed by atoms with Crippen molar-refractivity contribution < 1.29 is 9.78 Å². The molecule has 1 aliphatic rings. The molecule has 0 aromatic carbocycles. The molecule has 2 nitrogen and oxygen atoms in total. The van der Waals surface area contributed by atoms with Crippen LogP contribution >= 0.6 is 22.6 Å². The van der Waals surface area contributed by atoms with E-state index in [2.05, 4.69) is 27.5 Å². The van der Waals surface area contributed by atoms with E-state index >= 15 is 0 Å². The molecular formula is C4H7IO2. The Bertz CT molecular complexity index is 51.7. The van der Waals surface area contributed by atoms with Gasteiger partial charge in [0, 0.05) is 10.8 Å². The van der Waals surface area contributed by atoms with Crippen LogP contribution in [0.4, 0.5) is 0 Å². The smallest absolute Gasteiger partial charge is 0.104 e. The van der Waals surface area contributed by atoms with Crippen LogP contribution in [-0.4, -0.2) is 17.1 Å². The summed E-state index contributed by atoms with van der Waals surface area (Å²) in [5.41, 5.74) is 0. The number of halogens is 1. The van der Waals surface area contributed by atoms with E-state index < -0.39 is 0 Å². The lowest BCUT2D eigenvalue weighted by atomic mass is 10.3. The predicted octanol–water partition coefficient (Wildman–Crippen LogP) is 1.14. The third kappa shape index (κ3) is 1.54. The molecule has 7 heavy (non-hydrogen) atoms. The van der Waals surface area contributed by atoms with E-state index in [0.29, 0.717) is 6.10 Å². The van der Waals surface area contributed by atoms with Gasteiger partial charge >= 0.3 is 0 Å². The Labute approximate surface area is 56.2 Å². The van der Waals surface area contributed by atoms with Crippen LogP contribution < -0.4 is 0 Å². The third-order valence-corrected chi connectivity index (χ3v) is 1.88. The first-order valence-electron chi connectivity index (χ1n) is 2.27. The maximum Gasteiger partial charge on any atom is 0.104 e. The Morgan fingerprint density at radius 3 is 2.86 bits per heavy atom. The molecule has 42 valence electrons. The van der Waals surface area contributed by atoms with Crippen LogP contribution in [0.5, 0.6) is 0 Å². The van der Waals surface area contributed by atoms with Gasteiger partial charge in [-0.25, -0.2) is 9.78 Å². The van der Waals surface area contributed by atoms with Crippen molar-refractivity contribution in [3.8, 4) is 0 Å². The normalized spacial score (nSPS) is 31.3. The molecule has 1 atom stereocenters. The number of alkyl halides is 1. The van der Waals surface area contributed by atoms with Gasteiger partial charge in [0.1, 0.15) is 6.10 Å². The van der Waals surface area contributed by atoms with Crippen molar-refractivity contribution in [3.63, 3.8) is 0 Å². The molecule has 0 spiro atoms. The van der Waals surface area contributed by atoms with E-state index in [1.807, 2.05) is 0 Å². The molecule has 1 heterocycles. The van der Waals surface area contributed by atoms with Crippen LogP contribution in [-0.2, 0) is 9.78 Å². The Balaban J connectivity index is 2.14. The Hall–Kier alpha value is 0.650. The van der Waals surface area contributed by atoms with Crippen LogP contribution in [0.15, 0.2) is 0 Å². The minimum absolute atomic E-state index is 0.362. The molecule has 1 rings (SSSR count). The fourth-order valence-electron chi connectivity index (χ4n) is 0.475. The second-order valence-corrected chi connectivity index (χ2v) is 2.36. The van der Waals surface area contributed by atoms with Gasteiger partial charge in [0.15, 0.2) is 0 Å². The fraction of sp³-hybridized carbons (Fsp3) is 1.00. The Morgan fingerprint density at radius 2 is 2.57 bits per heavy atom. The van der Waals surface area contributed by atoms with Crippen molar-refractivity contribution in [1.29, 1.82) is 0 Å². The van der Waals surface area contributed by atoms with Gasteiger partial charge in [0.25, 0.3) is 0 Å². The van der Waals surface area contributed by atoms with Gasteiger partial charge in [-0.05, 0) is 0 Å². The van der Waals surface area contributed by atoms with Gasteiger partial charge in [-0.1, -0.05) is 22.6 Å². The molecule has 0 aliphatic carbocycles. The largest absolute Gasteiger partial charge is 0.236 e. The molecule has 1 fully saturated rings. The third-order valence-electron chi connectivity index (χ3n) is 0.899. The Morgan fingerprint density at radius 1 is 1.71 bits per heavy atom. The molecule has 0 amide bonds.